The summed E-state index contributed by atoms with van der Waals surface area (Å²) in [6.45, 7) is 0.199. The Balaban J connectivity index is 1.47. The first-order valence-corrected chi connectivity index (χ1v) is 8.31. The average Bonchev–Trinajstić information content (AvgIpc) is 3.24. The molecule has 1 aliphatic heterocycles. The fraction of sp³-hybridized carbons (Fsp3) is 0.176. The van der Waals surface area contributed by atoms with Crippen LogP contribution in [0.2, 0.25) is 0 Å². The van der Waals surface area contributed by atoms with Gasteiger partial charge in [-0.15, -0.1) is 0 Å². The van der Waals surface area contributed by atoms with Gasteiger partial charge in [-0.3, -0.25) is 4.79 Å². The fourth-order valence-corrected chi connectivity index (χ4v) is 3.23. The highest BCUT2D eigenvalue weighted by Crippen LogP contribution is 2.33. The van der Waals surface area contributed by atoms with Crippen molar-refractivity contribution in [1.82, 2.24) is 9.97 Å². The van der Waals surface area contributed by atoms with Crippen molar-refractivity contribution >= 4 is 28.6 Å². The molecule has 24 heavy (non-hydrogen) atoms. The number of hydrogen-bond donors (Lipinski definition) is 1. The molecule has 4 rings (SSSR count). The van der Waals surface area contributed by atoms with Crippen molar-refractivity contribution in [3.8, 4) is 17.2 Å². The van der Waals surface area contributed by atoms with Gasteiger partial charge < -0.3 is 19.2 Å². The first-order chi connectivity index (χ1) is 11.7. The summed E-state index contributed by atoms with van der Waals surface area (Å²) in [6.07, 6.45) is 0. The van der Waals surface area contributed by atoms with Crippen molar-refractivity contribution < 1.29 is 19.0 Å². The smallest absolute Gasteiger partial charge is 0.231 e. The minimum Gasteiger partial charge on any atom is -0.497 e. The number of fused-ring (bicyclic) bond motifs is 2. The maximum absolute atomic E-state index is 12.4. The molecule has 1 aromatic heterocycles. The van der Waals surface area contributed by atoms with Crippen LogP contribution in [0.4, 0.5) is 0 Å². The standard InChI is InChI=1S/C17H14N2O4S/c1-21-11-3-4-12-13(7-11)19-17(18-12)24-8-14(20)10-2-5-15-16(6-10)23-9-22-15/h2-7H,8-9H2,1H3,(H,18,19). The molecule has 0 bridgehead atoms. The molecule has 0 atom stereocenters. The predicted molar refractivity (Wildman–Crippen MR) is 90.3 cm³/mol. The maximum Gasteiger partial charge on any atom is 0.231 e. The second kappa shape index (κ2) is 6.09. The molecule has 2 aromatic carbocycles. The van der Waals surface area contributed by atoms with E-state index in [0.29, 0.717) is 22.2 Å². The highest BCUT2D eigenvalue weighted by Gasteiger charge is 2.16. The molecule has 0 aliphatic carbocycles. The number of nitrogens with zero attached hydrogens (tertiary/aromatic N) is 1. The highest BCUT2D eigenvalue weighted by atomic mass is 32.2. The molecule has 1 N–H and O–H groups in total. The third-order valence-corrected chi connectivity index (χ3v) is 4.58. The van der Waals surface area contributed by atoms with Crippen molar-refractivity contribution in [3.05, 3.63) is 42.0 Å². The zero-order valence-corrected chi connectivity index (χ0v) is 13.7. The average molecular weight is 342 g/mol. The van der Waals surface area contributed by atoms with Crippen LogP contribution in [0.1, 0.15) is 10.4 Å². The molecule has 0 saturated heterocycles. The number of ketones is 1. The fourth-order valence-electron chi connectivity index (χ4n) is 2.45. The van der Waals surface area contributed by atoms with Gasteiger partial charge in [0.2, 0.25) is 6.79 Å². The van der Waals surface area contributed by atoms with Crippen LogP contribution in [-0.4, -0.2) is 35.4 Å². The van der Waals surface area contributed by atoms with Gasteiger partial charge in [-0.2, -0.15) is 0 Å². The quantitative estimate of drug-likeness (QED) is 0.567. The molecular weight excluding hydrogens is 328 g/mol. The summed E-state index contributed by atoms with van der Waals surface area (Å²) in [7, 11) is 1.62. The monoisotopic (exact) mass is 342 g/mol. The number of thioether (sulfide) groups is 1. The normalized spacial score (nSPS) is 12.5. The summed E-state index contributed by atoms with van der Waals surface area (Å²) in [5.41, 5.74) is 2.32. The Morgan fingerprint density at radius 3 is 3.00 bits per heavy atom. The van der Waals surface area contributed by atoms with Gasteiger partial charge in [-0.1, -0.05) is 11.8 Å². The van der Waals surface area contributed by atoms with Gasteiger partial charge in [-0.25, -0.2) is 4.98 Å². The number of ether oxygens (including phenoxy) is 3. The van der Waals surface area contributed by atoms with E-state index >= 15 is 0 Å². The third kappa shape index (κ3) is 2.78. The first kappa shape index (κ1) is 14.9. The van der Waals surface area contributed by atoms with Crippen LogP contribution in [0.25, 0.3) is 11.0 Å². The SMILES string of the molecule is COc1ccc2nc(SCC(=O)c3ccc4c(c3)OCO4)[nH]c2c1. The predicted octanol–water partition coefficient (Wildman–Crippen LogP) is 3.28. The number of nitrogens with one attached hydrogen (secondary N) is 1. The van der Waals surface area contributed by atoms with Gasteiger partial charge in [0.1, 0.15) is 5.75 Å². The lowest BCUT2D eigenvalue weighted by atomic mass is 10.1. The molecular formula is C17H14N2O4S. The first-order valence-electron chi connectivity index (χ1n) is 7.32. The van der Waals surface area contributed by atoms with Crippen molar-refractivity contribution in [2.45, 2.75) is 5.16 Å². The van der Waals surface area contributed by atoms with E-state index in [1.54, 1.807) is 25.3 Å². The summed E-state index contributed by atoms with van der Waals surface area (Å²) >= 11 is 1.37. The summed E-state index contributed by atoms with van der Waals surface area (Å²) in [5.74, 6) is 2.35. The molecule has 0 spiro atoms. The van der Waals surface area contributed by atoms with Gasteiger partial charge in [0.05, 0.1) is 23.9 Å². The van der Waals surface area contributed by atoms with E-state index in [1.165, 1.54) is 11.8 Å². The van der Waals surface area contributed by atoms with Crippen molar-refractivity contribution in [3.63, 3.8) is 0 Å². The number of rotatable bonds is 5. The van der Waals surface area contributed by atoms with Crippen molar-refractivity contribution in [2.24, 2.45) is 0 Å². The third-order valence-electron chi connectivity index (χ3n) is 3.70. The number of aromatic amines is 1. The lowest BCUT2D eigenvalue weighted by Crippen LogP contribution is -2.02. The largest absolute Gasteiger partial charge is 0.497 e. The highest BCUT2D eigenvalue weighted by molar-refractivity contribution is 7.99. The van der Waals surface area contributed by atoms with E-state index in [1.807, 2.05) is 18.2 Å². The Morgan fingerprint density at radius 2 is 2.12 bits per heavy atom. The van der Waals surface area contributed by atoms with Crippen LogP contribution in [-0.2, 0) is 0 Å². The summed E-state index contributed by atoms with van der Waals surface area (Å²) < 4.78 is 15.7. The minimum atomic E-state index is 0.0105. The van der Waals surface area contributed by atoms with E-state index in [-0.39, 0.29) is 18.3 Å². The molecule has 0 unspecified atom stereocenters. The maximum atomic E-state index is 12.4. The van der Waals surface area contributed by atoms with Crippen molar-refractivity contribution in [1.29, 1.82) is 0 Å². The second-order valence-electron chi connectivity index (χ2n) is 5.20. The Kier molecular flexibility index (Phi) is 3.78. The minimum absolute atomic E-state index is 0.0105. The molecule has 7 heteroatoms. The zero-order chi connectivity index (χ0) is 16.5. The molecule has 0 fully saturated rings. The van der Waals surface area contributed by atoms with Gasteiger partial charge in [-0.05, 0) is 30.3 Å². The molecule has 0 radical (unpaired) electrons. The van der Waals surface area contributed by atoms with Gasteiger partial charge in [0, 0.05) is 11.6 Å². The summed E-state index contributed by atoms with van der Waals surface area (Å²) in [4.78, 5) is 20.0. The zero-order valence-electron chi connectivity index (χ0n) is 12.9. The summed E-state index contributed by atoms with van der Waals surface area (Å²) in [5, 5.41) is 0.701. The number of carbonyl (C=O) groups is 1. The number of imidazole rings is 1. The number of carbonyl (C=O) groups excluding carboxylic acids is 1. The molecule has 0 amide bonds. The Hall–Kier alpha value is -2.67. The number of aromatic nitrogens is 2. The second-order valence-corrected chi connectivity index (χ2v) is 6.17. The van der Waals surface area contributed by atoms with Crippen LogP contribution < -0.4 is 14.2 Å². The van der Waals surface area contributed by atoms with E-state index in [9.17, 15) is 4.79 Å². The number of benzene rings is 2. The van der Waals surface area contributed by atoms with Crippen LogP contribution in [0.15, 0.2) is 41.6 Å². The Labute approximate surface area is 142 Å². The van der Waals surface area contributed by atoms with E-state index < -0.39 is 0 Å². The number of hydrogen-bond acceptors (Lipinski definition) is 6. The van der Waals surface area contributed by atoms with E-state index in [0.717, 1.165) is 16.8 Å². The molecule has 1 aliphatic rings. The number of methoxy groups -OCH3 is 1. The summed E-state index contributed by atoms with van der Waals surface area (Å²) in [6, 6.07) is 10.8. The lowest BCUT2D eigenvalue weighted by Gasteiger charge is -2.01. The van der Waals surface area contributed by atoms with Crippen LogP contribution in [0.3, 0.4) is 0 Å². The van der Waals surface area contributed by atoms with Gasteiger partial charge >= 0.3 is 0 Å². The van der Waals surface area contributed by atoms with Crippen LogP contribution >= 0.6 is 11.8 Å². The molecule has 0 saturated carbocycles. The van der Waals surface area contributed by atoms with Crippen LogP contribution in [0, 0.1) is 0 Å². The molecule has 6 nitrogen and oxygen atoms in total. The molecule has 3 aromatic rings. The van der Waals surface area contributed by atoms with Gasteiger partial charge in [0.25, 0.3) is 0 Å². The lowest BCUT2D eigenvalue weighted by molar-refractivity contribution is 0.102. The molecule has 122 valence electrons. The Bertz CT molecular complexity index is 922. The topological polar surface area (TPSA) is 73.4 Å². The molecule has 2 heterocycles. The Morgan fingerprint density at radius 1 is 1.25 bits per heavy atom. The van der Waals surface area contributed by atoms with Gasteiger partial charge in [0.15, 0.2) is 22.4 Å². The van der Waals surface area contributed by atoms with E-state index in [2.05, 4.69) is 9.97 Å². The number of Topliss-reactive ketones (excluding diaryl/α,β-unsaturated/α-hetero) is 1. The van der Waals surface area contributed by atoms with E-state index in [4.69, 9.17) is 14.2 Å². The van der Waals surface area contributed by atoms with Crippen LogP contribution in [0.5, 0.6) is 17.2 Å². The van der Waals surface area contributed by atoms with Crippen molar-refractivity contribution in [2.75, 3.05) is 19.7 Å². The number of H-pyrrole nitrogens is 1.